The lowest BCUT2D eigenvalue weighted by atomic mass is 10.2. The maximum atomic E-state index is 5.49. The Morgan fingerprint density at radius 2 is 2.25 bits per heavy atom. The van der Waals surface area contributed by atoms with Gasteiger partial charge in [-0.2, -0.15) is 0 Å². The number of aromatic nitrogens is 2. The predicted molar refractivity (Wildman–Crippen MR) is 85.7 cm³/mol. The van der Waals surface area contributed by atoms with E-state index in [0.29, 0.717) is 12.5 Å². The fourth-order valence-electron chi connectivity index (χ4n) is 1.90. The van der Waals surface area contributed by atoms with Crippen molar-refractivity contribution in [1.29, 1.82) is 0 Å². The number of thioether (sulfide) groups is 1. The van der Waals surface area contributed by atoms with Crippen LogP contribution in [0.3, 0.4) is 0 Å². The molecule has 0 radical (unpaired) electrons. The largest absolute Gasteiger partial charge is 0.494 e. The highest BCUT2D eigenvalue weighted by Gasteiger charge is 2.04. The van der Waals surface area contributed by atoms with Gasteiger partial charge in [0.1, 0.15) is 5.75 Å². The predicted octanol–water partition coefficient (Wildman–Crippen LogP) is 3.30. The van der Waals surface area contributed by atoms with E-state index in [0.717, 1.165) is 40.8 Å². The molecule has 0 spiro atoms. The fraction of sp³-hybridized carbons (Fsp3) is 0.533. The number of benzene rings is 1. The summed E-state index contributed by atoms with van der Waals surface area (Å²) in [5.74, 6) is 2.60. The van der Waals surface area contributed by atoms with Crippen LogP contribution in [0.25, 0.3) is 11.0 Å². The molecule has 0 aliphatic heterocycles. The van der Waals surface area contributed by atoms with E-state index in [-0.39, 0.29) is 0 Å². The Morgan fingerprint density at radius 3 is 3.00 bits per heavy atom. The smallest absolute Gasteiger partial charge is 0.166 e. The first-order valence-electron chi connectivity index (χ1n) is 7.15. The molecule has 0 fully saturated rings. The number of fused-ring (bicyclic) bond motifs is 1. The molecule has 110 valence electrons. The van der Waals surface area contributed by atoms with Crippen LogP contribution in [0.5, 0.6) is 5.75 Å². The fourth-order valence-corrected chi connectivity index (χ4v) is 2.69. The molecule has 0 amide bonds. The summed E-state index contributed by atoms with van der Waals surface area (Å²) in [6.07, 6.45) is 0. The molecular weight excluding hydrogens is 270 g/mol. The van der Waals surface area contributed by atoms with Gasteiger partial charge < -0.3 is 15.0 Å². The quantitative estimate of drug-likeness (QED) is 0.579. The summed E-state index contributed by atoms with van der Waals surface area (Å²) in [5, 5.41) is 4.40. The van der Waals surface area contributed by atoms with Crippen LogP contribution in [0, 0.1) is 5.92 Å². The number of nitrogens with one attached hydrogen (secondary N) is 2. The van der Waals surface area contributed by atoms with Gasteiger partial charge in [-0.15, -0.1) is 0 Å². The number of nitrogens with zero attached hydrogens (tertiary/aromatic N) is 1. The van der Waals surface area contributed by atoms with Crippen LogP contribution < -0.4 is 10.1 Å². The first-order valence-corrected chi connectivity index (χ1v) is 8.13. The molecule has 1 aromatic heterocycles. The van der Waals surface area contributed by atoms with Crippen molar-refractivity contribution in [3.8, 4) is 5.75 Å². The lowest BCUT2D eigenvalue weighted by molar-refractivity contribution is 0.340. The van der Waals surface area contributed by atoms with E-state index in [2.05, 4.69) is 29.1 Å². The monoisotopic (exact) mass is 293 g/mol. The number of hydrogen-bond acceptors (Lipinski definition) is 4. The van der Waals surface area contributed by atoms with E-state index >= 15 is 0 Å². The third-order valence-corrected chi connectivity index (χ3v) is 3.69. The van der Waals surface area contributed by atoms with Gasteiger partial charge in [-0.3, -0.25) is 0 Å². The third-order valence-electron chi connectivity index (χ3n) is 2.81. The van der Waals surface area contributed by atoms with Gasteiger partial charge in [0.05, 0.1) is 17.6 Å². The molecule has 0 unspecified atom stereocenters. The van der Waals surface area contributed by atoms with Crippen LogP contribution in [0.15, 0.2) is 23.4 Å². The zero-order valence-electron chi connectivity index (χ0n) is 12.4. The molecule has 1 heterocycles. The number of H-pyrrole nitrogens is 1. The number of hydrogen-bond donors (Lipinski definition) is 2. The number of rotatable bonds is 8. The highest BCUT2D eigenvalue weighted by molar-refractivity contribution is 7.99. The van der Waals surface area contributed by atoms with Crippen molar-refractivity contribution < 1.29 is 4.74 Å². The van der Waals surface area contributed by atoms with Crippen molar-refractivity contribution >= 4 is 22.8 Å². The summed E-state index contributed by atoms with van der Waals surface area (Å²) < 4.78 is 5.49. The molecule has 0 atom stereocenters. The van der Waals surface area contributed by atoms with E-state index in [4.69, 9.17) is 4.74 Å². The Labute approximate surface area is 124 Å². The molecule has 2 N–H and O–H groups in total. The van der Waals surface area contributed by atoms with Crippen molar-refractivity contribution in [3.05, 3.63) is 18.2 Å². The second kappa shape index (κ2) is 7.55. The molecule has 0 saturated carbocycles. The van der Waals surface area contributed by atoms with Crippen molar-refractivity contribution in [2.45, 2.75) is 25.9 Å². The molecule has 20 heavy (non-hydrogen) atoms. The molecule has 0 aliphatic rings. The summed E-state index contributed by atoms with van der Waals surface area (Å²) in [7, 11) is 0. The van der Waals surface area contributed by atoms with Crippen molar-refractivity contribution in [2.24, 2.45) is 5.92 Å². The number of aromatic amines is 1. The molecule has 1 aromatic carbocycles. The highest BCUT2D eigenvalue weighted by atomic mass is 32.2. The highest BCUT2D eigenvalue weighted by Crippen LogP contribution is 2.23. The lowest BCUT2D eigenvalue weighted by Crippen LogP contribution is -2.22. The van der Waals surface area contributed by atoms with Gasteiger partial charge in [-0.1, -0.05) is 25.6 Å². The van der Waals surface area contributed by atoms with Crippen molar-refractivity contribution in [3.63, 3.8) is 0 Å². The van der Waals surface area contributed by atoms with Crippen LogP contribution >= 0.6 is 11.8 Å². The summed E-state index contributed by atoms with van der Waals surface area (Å²) in [6, 6.07) is 5.97. The molecule has 2 aromatic rings. The lowest BCUT2D eigenvalue weighted by Gasteiger charge is -2.05. The van der Waals surface area contributed by atoms with E-state index in [9.17, 15) is 0 Å². The number of imidazole rings is 1. The SMILES string of the molecule is CCOc1ccc2nc(SCCNCC(C)C)[nH]c2c1. The Bertz CT molecular complexity index is 539. The molecule has 0 aliphatic carbocycles. The standard InChI is InChI=1S/C15H23N3OS/c1-4-19-12-5-6-13-14(9-12)18-15(17-13)20-8-7-16-10-11(2)3/h5-6,9,11,16H,4,7-8,10H2,1-3H3,(H,17,18). The maximum Gasteiger partial charge on any atom is 0.166 e. The normalized spacial score (nSPS) is 11.4. The van der Waals surface area contributed by atoms with Crippen molar-refractivity contribution in [2.75, 3.05) is 25.4 Å². The van der Waals surface area contributed by atoms with Gasteiger partial charge in [0, 0.05) is 18.4 Å². The van der Waals surface area contributed by atoms with E-state index in [1.165, 1.54) is 0 Å². The molecule has 0 saturated heterocycles. The molecule has 4 nitrogen and oxygen atoms in total. The first-order chi connectivity index (χ1) is 9.69. The summed E-state index contributed by atoms with van der Waals surface area (Å²) in [5.41, 5.74) is 2.03. The Morgan fingerprint density at radius 1 is 1.40 bits per heavy atom. The minimum Gasteiger partial charge on any atom is -0.494 e. The van der Waals surface area contributed by atoms with Gasteiger partial charge in [0.25, 0.3) is 0 Å². The third kappa shape index (κ3) is 4.42. The van der Waals surface area contributed by atoms with Crippen LogP contribution in [0.2, 0.25) is 0 Å². The zero-order chi connectivity index (χ0) is 14.4. The second-order valence-corrected chi connectivity index (χ2v) is 6.18. The van der Waals surface area contributed by atoms with Gasteiger partial charge >= 0.3 is 0 Å². The summed E-state index contributed by atoms with van der Waals surface area (Å²) >= 11 is 1.75. The summed E-state index contributed by atoms with van der Waals surface area (Å²) in [6.45, 7) is 9.18. The minimum absolute atomic E-state index is 0.683. The maximum absolute atomic E-state index is 5.49. The minimum atomic E-state index is 0.683. The zero-order valence-corrected chi connectivity index (χ0v) is 13.2. The Kier molecular flexibility index (Phi) is 5.73. The van der Waals surface area contributed by atoms with Crippen LogP contribution in [-0.4, -0.2) is 35.4 Å². The van der Waals surface area contributed by atoms with E-state index in [1.807, 2.05) is 25.1 Å². The average Bonchev–Trinajstić information content (AvgIpc) is 2.80. The topological polar surface area (TPSA) is 49.9 Å². The molecule has 2 rings (SSSR count). The van der Waals surface area contributed by atoms with Gasteiger partial charge in [-0.05, 0) is 31.5 Å². The Balaban J connectivity index is 1.87. The van der Waals surface area contributed by atoms with E-state index in [1.54, 1.807) is 11.8 Å². The van der Waals surface area contributed by atoms with Gasteiger partial charge in [0.15, 0.2) is 5.16 Å². The number of ether oxygens (including phenoxy) is 1. The Hall–Kier alpha value is -1.20. The summed E-state index contributed by atoms with van der Waals surface area (Å²) in [4.78, 5) is 7.91. The van der Waals surface area contributed by atoms with Crippen LogP contribution in [0.4, 0.5) is 0 Å². The van der Waals surface area contributed by atoms with Crippen LogP contribution in [-0.2, 0) is 0 Å². The molecule has 5 heteroatoms. The molecular formula is C15H23N3OS. The van der Waals surface area contributed by atoms with E-state index < -0.39 is 0 Å². The van der Waals surface area contributed by atoms with Gasteiger partial charge in [0.2, 0.25) is 0 Å². The van der Waals surface area contributed by atoms with Crippen LogP contribution in [0.1, 0.15) is 20.8 Å². The molecule has 0 bridgehead atoms. The van der Waals surface area contributed by atoms with Gasteiger partial charge in [-0.25, -0.2) is 4.98 Å². The first kappa shape index (κ1) is 15.2. The van der Waals surface area contributed by atoms with Crippen molar-refractivity contribution in [1.82, 2.24) is 15.3 Å². The second-order valence-electron chi connectivity index (χ2n) is 5.10. The average molecular weight is 293 g/mol.